The molecule has 1 aromatic carbocycles. The van der Waals surface area contributed by atoms with Crippen molar-refractivity contribution in [2.45, 2.75) is 32.8 Å². The van der Waals surface area contributed by atoms with Gasteiger partial charge < -0.3 is 14.7 Å². The number of amides is 1. The number of carboxylic acids is 1. The lowest BCUT2D eigenvalue weighted by Gasteiger charge is -2.29. The van der Waals surface area contributed by atoms with Gasteiger partial charge in [-0.3, -0.25) is 0 Å². The topological polar surface area (TPSA) is 66.8 Å². The standard InChI is InChI=1S/C17H20FNO4/c1-17(2,3)23-16(22)19-9-7-11(8-10-19)12-5-4-6-13(14(12)18)15(20)21/h4-7H,8-10H2,1-3H3,(H,20,21). The Hall–Kier alpha value is -2.37. The molecule has 1 aromatic rings. The fourth-order valence-electron chi connectivity index (χ4n) is 2.35. The van der Waals surface area contributed by atoms with Crippen LogP contribution in [0.4, 0.5) is 9.18 Å². The lowest BCUT2D eigenvalue weighted by Crippen LogP contribution is -2.39. The van der Waals surface area contributed by atoms with Crippen molar-refractivity contribution in [3.8, 4) is 0 Å². The number of benzene rings is 1. The van der Waals surface area contributed by atoms with Crippen LogP contribution in [-0.2, 0) is 4.74 Å². The molecule has 0 unspecified atom stereocenters. The van der Waals surface area contributed by atoms with Crippen LogP contribution in [-0.4, -0.2) is 40.8 Å². The minimum atomic E-state index is -1.30. The first-order valence-electron chi connectivity index (χ1n) is 7.38. The van der Waals surface area contributed by atoms with E-state index in [9.17, 15) is 14.0 Å². The second kappa shape index (κ2) is 6.40. The summed E-state index contributed by atoms with van der Waals surface area (Å²) in [6.45, 7) is 6.09. The van der Waals surface area contributed by atoms with Gasteiger partial charge in [-0.2, -0.15) is 0 Å². The molecule has 1 N–H and O–H groups in total. The highest BCUT2D eigenvalue weighted by molar-refractivity contribution is 5.89. The first kappa shape index (κ1) is 17.0. The van der Waals surface area contributed by atoms with Crippen LogP contribution in [0.1, 0.15) is 43.1 Å². The number of hydrogen-bond acceptors (Lipinski definition) is 3. The van der Waals surface area contributed by atoms with Gasteiger partial charge in [-0.05, 0) is 38.8 Å². The lowest BCUT2D eigenvalue weighted by molar-refractivity contribution is 0.0270. The summed E-state index contributed by atoms with van der Waals surface area (Å²) < 4.78 is 19.6. The zero-order valence-corrected chi connectivity index (χ0v) is 13.4. The van der Waals surface area contributed by atoms with Crippen molar-refractivity contribution in [3.05, 3.63) is 41.2 Å². The van der Waals surface area contributed by atoms with E-state index in [4.69, 9.17) is 9.84 Å². The van der Waals surface area contributed by atoms with Gasteiger partial charge in [0.25, 0.3) is 0 Å². The van der Waals surface area contributed by atoms with Gasteiger partial charge in [-0.1, -0.05) is 18.2 Å². The second-order valence-corrected chi connectivity index (χ2v) is 6.38. The van der Waals surface area contributed by atoms with E-state index in [1.165, 1.54) is 17.0 Å². The summed E-state index contributed by atoms with van der Waals surface area (Å²) in [7, 11) is 0. The Labute approximate surface area is 134 Å². The summed E-state index contributed by atoms with van der Waals surface area (Å²) in [5.41, 5.74) is 0.0559. The summed E-state index contributed by atoms with van der Waals surface area (Å²) in [5, 5.41) is 8.98. The zero-order valence-electron chi connectivity index (χ0n) is 13.4. The fraction of sp³-hybridized carbons (Fsp3) is 0.412. The van der Waals surface area contributed by atoms with E-state index in [2.05, 4.69) is 0 Å². The number of hydrogen-bond donors (Lipinski definition) is 1. The van der Waals surface area contributed by atoms with Crippen LogP contribution in [0.3, 0.4) is 0 Å². The van der Waals surface area contributed by atoms with Gasteiger partial charge in [0.2, 0.25) is 0 Å². The molecule has 1 amide bonds. The second-order valence-electron chi connectivity index (χ2n) is 6.38. The maximum atomic E-state index is 14.3. The molecular weight excluding hydrogens is 301 g/mol. The Morgan fingerprint density at radius 1 is 1.30 bits per heavy atom. The summed E-state index contributed by atoms with van der Waals surface area (Å²) >= 11 is 0. The van der Waals surface area contributed by atoms with Gasteiger partial charge in [0.05, 0.1) is 5.56 Å². The third-order valence-electron chi connectivity index (χ3n) is 3.44. The molecule has 5 nitrogen and oxygen atoms in total. The van der Waals surface area contributed by atoms with E-state index >= 15 is 0 Å². The third-order valence-corrected chi connectivity index (χ3v) is 3.44. The molecule has 0 saturated heterocycles. The van der Waals surface area contributed by atoms with Crippen LogP contribution in [0.2, 0.25) is 0 Å². The van der Waals surface area contributed by atoms with E-state index in [1.54, 1.807) is 32.9 Å². The number of ether oxygens (including phenoxy) is 1. The minimum absolute atomic E-state index is 0.272. The quantitative estimate of drug-likeness (QED) is 0.904. The summed E-state index contributed by atoms with van der Waals surface area (Å²) in [5.74, 6) is -2.03. The number of aromatic carboxylic acids is 1. The smallest absolute Gasteiger partial charge is 0.410 e. The first-order chi connectivity index (χ1) is 10.7. The maximum Gasteiger partial charge on any atom is 0.410 e. The average Bonchev–Trinajstić information content (AvgIpc) is 2.45. The summed E-state index contributed by atoms with van der Waals surface area (Å²) in [4.78, 5) is 24.5. The van der Waals surface area contributed by atoms with Gasteiger partial charge in [-0.15, -0.1) is 0 Å². The van der Waals surface area contributed by atoms with Crippen LogP contribution < -0.4 is 0 Å². The fourth-order valence-corrected chi connectivity index (χ4v) is 2.35. The highest BCUT2D eigenvalue weighted by Gasteiger charge is 2.25. The van der Waals surface area contributed by atoms with Crippen molar-refractivity contribution in [1.82, 2.24) is 4.90 Å². The van der Waals surface area contributed by atoms with Gasteiger partial charge in [0, 0.05) is 18.7 Å². The van der Waals surface area contributed by atoms with Gasteiger partial charge >= 0.3 is 12.1 Å². The summed E-state index contributed by atoms with van der Waals surface area (Å²) in [6, 6.07) is 4.30. The molecule has 1 aliphatic heterocycles. The van der Waals surface area contributed by atoms with Crippen LogP contribution in [0.15, 0.2) is 24.3 Å². The number of carboxylic acid groups (broad SMARTS) is 1. The molecule has 0 aliphatic carbocycles. The predicted molar refractivity (Wildman–Crippen MR) is 83.8 cm³/mol. The number of nitrogens with zero attached hydrogens (tertiary/aromatic N) is 1. The van der Waals surface area contributed by atoms with Crippen molar-refractivity contribution >= 4 is 17.6 Å². The summed E-state index contributed by atoms with van der Waals surface area (Å²) in [6.07, 6.45) is 1.77. The first-order valence-corrected chi connectivity index (χ1v) is 7.38. The Morgan fingerprint density at radius 2 is 2.00 bits per heavy atom. The van der Waals surface area contributed by atoms with Gasteiger partial charge in [-0.25, -0.2) is 14.0 Å². The predicted octanol–water partition coefficient (Wildman–Crippen LogP) is 3.55. The van der Waals surface area contributed by atoms with E-state index in [-0.39, 0.29) is 11.1 Å². The molecule has 0 aromatic heterocycles. The minimum Gasteiger partial charge on any atom is -0.478 e. The third kappa shape index (κ3) is 4.09. The van der Waals surface area contributed by atoms with Gasteiger partial charge in [0.1, 0.15) is 11.4 Å². The normalized spacial score (nSPS) is 15.1. The Balaban J connectivity index is 2.15. The lowest BCUT2D eigenvalue weighted by atomic mass is 9.97. The number of rotatable bonds is 2. The highest BCUT2D eigenvalue weighted by Crippen LogP contribution is 2.27. The van der Waals surface area contributed by atoms with Crippen LogP contribution in [0.25, 0.3) is 5.57 Å². The van der Waals surface area contributed by atoms with E-state index in [0.29, 0.717) is 25.1 Å². The molecule has 23 heavy (non-hydrogen) atoms. The molecule has 0 bridgehead atoms. The average molecular weight is 321 g/mol. The van der Waals surface area contributed by atoms with E-state index < -0.39 is 23.5 Å². The monoisotopic (exact) mass is 321 g/mol. The molecule has 6 heteroatoms. The van der Waals surface area contributed by atoms with Crippen LogP contribution >= 0.6 is 0 Å². The zero-order chi connectivity index (χ0) is 17.2. The van der Waals surface area contributed by atoms with Crippen molar-refractivity contribution < 1.29 is 23.8 Å². The number of carbonyl (C=O) groups excluding carboxylic acids is 1. The highest BCUT2D eigenvalue weighted by atomic mass is 19.1. The molecule has 1 aliphatic rings. The SMILES string of the molecule is CC(C)(C)OC(=O)N1CC=C(c2cccc(C(=O)O)c2F)CC1. The van der Waals surface area contributed by atoms with E-state index in [0.717, 1.165) is 0 Å². The number of halogens is 1. The van der Waals surface area contributed by atoms with E-state index in [1.807, 2.05) is 0 Å². The van der Waals surface area contributed by atoms with Crippen molar-refractivity contribution in [2.75, 3.05) is 13.1 Å². The molecule has 0 spiro atoms. The van der Waals surface area contributed by atoms with Crippen molar-refractivity contribution in [2.24, 2.45) is 0 Å². The molecule has 0 fully saturated rings. The molecule has 1 heterocycles. The molecule has 124 valence electrons. The van der Waals surface area contributed by atoms with Crippen LogP contribution in [0, 0.1) is 5.82 Å². The molecular formula is C17H20FNO4. The van der Waals surface area contributed by atoms with Crippen LogP contribution in [0.5, 0.6) is 0 Å². The Morgan fingerprint density at radius 3 is 2.52 bits per heavy atom. The Kier molecular flexibility index (Phi) is 4.73. The Bertz CT molecular complexity index is 661. The number of carbonyl (C=O) groups is 2. The molecule has 2 rings (SSSR count). The molecule has 0 saturated carbocycles. The van der Waals surface area contributed by atoms with Gasteiger partial charge in [0.15, 0.2) is 0 Å². The largest absolute Gasteiger partial charge is 0.478 e. The van der Waals surface area contributed by atoms with Crippen molar-refractivity contribution in [1.29, 1.82) is 0 Å². The van der Waals surface area contributed by atoms with Crippen molar-refractivity contribution in [3.63, 3.8) is 0 Å². The molecule has 0 atom stereocenters. The molecule has 0 radical (unpaired) electrons. The maximum absolute atomic E-state index is 14.3.